The van der Waals surface area contributed by atoms with Crippen molar-refractivity contribution in [1.29, 1.82) is 0 Å². The van der Waals surface area contributed by atoms with Gasteiger partial charge in [-0.05, 0) is 12.1 Å². The molecule has 2 aliphatic heterocycles. The van der Waals surface area contributed by atoms with Crippen LogP contribution in [0.1, 0.15) is 15.9 Å². The van der Waals surface area contributed by atoms with Crippen LogP contribution in [0.5, 0.6) is 0 Å². The number of nitrogens with one attached hydrogen (secondary N) is 1. The van der Waals surface area contributed by atoms with Gasteiger partial charge >= 0.3 is 6.09 Å². The number of hydrogen-bond acceptors (Lipinski definition) is 4. The molecule has 1 atom stereocenters. The number of nitrogens with zero attached hydrogens (tertiary/aromatic N) is 1. The van der Waals surface area contributed by atoms with Crippen molar-refractivity contribution in [3.63, 3.8) is 0 Å². The Labute approximate surface area is 155 Å². The van der Waals surface area contributed by atoms with E-state index in [0.29, 0.717) is 11.1 Å². The number of carbonyl (C=O) groups is 3. The molecule has 0 aromatic heterocycles. The molecule has 0 aliphatic carbocycles. The predicted molar refractivity (Wildman–Crippen MR) is 97.1 cm³/mol. The molecule has 6 nitrogen and oxygen atoms in total. The molecule has 0 saturated carbocycles. The summed E-state index contributed by atoms with van der Waals surface area (Å²) in [5.41, 5.74) is -0.378. The highest BCUT2D eigenvalue weighted by atomic mass is 16.6. The predicted octanol–water partition coefficient (Wildman–Crippen LogP) is 2.95. The SMILES string of the molecule is O=C1NC(=O)C(c2ccccc2)(C2C=CN(C(=O)c3ccccc3)C=C2)O1. The molecule has 2 aromatic carbocycles. The van der Waals surface area contributed by atoms with E-state index in [2.05, 4.69) is 5.32 Å². The van der Waals surface area contributed by atoms with E-state index in [1.807, 2.05) is 12.1 Å². The van der Waals surface area contributed by atoms with Crippen molar-refractivity contribution in [2.45, 2.75) is 5.60 Å². The van der Waals surface area contributed by atoms with Gasteiger partial charge in [-0.25, -0.2) is 4.79 Å². The van der Waals surface area contributed by atoms with Crippen LogP contribution in [-0.4, -0.2) is 22.8 Å². The van der Waals surface area contributed by atoms with Crippen molar-refractivity contribution < 1.29 is 19.1 Å². The third-order valence-electron chi connectivity index (χ3n) is 4.64. The normalized spacial score (nSPS) is 21.9. The van der Waals surface area contributed by atoms with Crippen LogP contribution in [0, 0.1) is 5.92 Å². The maximum Gasteiger partial charge on any atom is 0.415 e. The van der Waals surface area contributed by atoms with Crippen LogP contribution in [0.25, 0.3) is 0 Å². The van der Waals surface area contributed by atoms with Crippen molar-refractivity contribution in [1.82, 2.24) is 10.2 Å². The highest BCUT2D eigenvalue weighted by molar-refractivity contribution is 6.04. The van der Waals surface area contributed by atoms with Gasteiger partial charge in [0.05, 0.1) is 5.92 Å². The van der Waals surface area contributed by atoms with Crippen molar-refractivity contribution >= 4 is 17.9 Å². The second kappa shape index (κ2) is 6.57. The second-order valence-electron chi connectivity index (χ2n) is 6.23. The zero-order chi connectivity index (χ0) is 18.9. The van der Waals surface area contributed by atoms with Gasteiger partial charge in [0.15, 0.2) is 0 Å². The van der Waals surface area contributed by atoms with Crippen LogP contribution in [0.15, 0.2) is 85.2 Å². The van der Waals surface area contributed by atoms with E-state index >= 15 is 0 Å². The standard InChI is InChI=1S/C21H16N2O4/c24-18(15-7-3-1-4-8-15)23-13-11-17(12-14-23)21(16-9-5-2-6-10-16)19(25)22-20(26)27-21/h1-14,17H,(H,22,25,26). The van der Waals surface area contributed by atoms with Gasteiger partial charge in [0, 0.05) is 23.5 Å². The molecule has 1 fully saturated rings. The van der Waals surface area contributed by atoms with E-state index in [1.54, 1.807) is 73.1 Å². The van der Waals surface area contributed by atoms with Crippen LogP contribution in [0.4, 0.5) is 4.79 Å². The molecular weight excluding hydrogens is 344 g/mol. The quantitative estimate of drug-likeness (QED) is 0.913. The van der Waals surface area contributed by atoms with Crippen LogP contribution in [0.3, 0.4) is 0 Å². The highest BCUT2D eigenvalue weighted by Gasteiger charge is 2.55. The third kappa shape index (κ3) is 2.81. The maximum atomic E-state index is 12.6. The van der Waals surface area contributed by atoms with E-state index in [4.69, 9.17) is 4.74 Å². The van der Waals surface area contributed by atoms with Crippen molar-refractivity contribution in [3.8, 4) is 0 Å². The van der Waals surface area contributed by atoms with Crippen molar-refractivity contribution in [3.05, 3.63) is 96.3 Å². The minimum Gasteiger partial charge on any atom is -0.426 e. The van der Waals surface area contributed by atoms with Gasteiger partial charge in [0.2, 0.25) is 5.60 Å². The first-order chi connectivity index (χ1) is 13.1. The monoisotopic (exact) mass is 360 g/mol. The Bertz CT molecular complexity index is 939. The molecule has 0 spiro atoms. The van der Waals surface area contributed by atoms with E-state index in [-0.39, 0.29) is 5.91 Å². The van der Waals surface area contributed by atoms with Crippen LogP contribution in [-0.2, 0) is 15.1 Å². The second-order valence-corrected chi connectivity index (χ2v) is 6.23. The van der Waals surface area contributed by atoms with E-state index < -0.39 is 23.5 Å². The molecule has 2 aliphatic rings. The Morgan fingerprint density at radius 2 is 1.52 bits per heavy atom. The molecule has 2 heterocycles. The summed E-state index contributed by atoms with van der Waals surface area (Å²) >= 11 is 0. The van der Waals surface area contributed by atoms with Gasteiger partial charge in [-0.2, -0.15) is 0 Å². The molecule has 0 bridgehead atoms. The van der Waals surface area contributed by atoms with E-state index in [1.165, 1.54) is 4.90 Å². The lowest BCUT2D eigenvalue weighted by Crippen LogP contribution is -2.43. The molecule has 6 heteroatoms. The largest absolute Gasteiger partial charge is 0.426 e. The third-order valence-corrected chi connectivity index (χ3v) is 4.64. The molecule has 134 valence electrons. The van der Waals surface area contributed by atoms with Crippen LogP contribution < -0.4 is 5.32 Å². The van der Waals surface area contributed by atoms with Gasteiger partial charge < -0.3 is 4.74 Å². The number of imide groups is 1. The topological polar surface area (TPSA) is 75.7 Å². The number of alkyl carbamates (subject to hydrolysis) is 1. The number of hydrogen-bond donors (Lipinski definition) is 1. The number of cyclic esters (lactones) is 1. The average Bonchev–Trinajstić information content (AvgIpc) is 3.03. The summed E-state index contributed by atoms with van der Waals surface area (Å²) in [6.07, 6.45) is 5.76. The minimum absolute atomic E-state index is 0.192. The molecule has 1 saturated heterocycles. The highest BCUT2D eigenvalue weighted by Crippen LogP contribution is 2.40. The number of rotatable bonds is 3. The molecule has 4 rings (SSSR count). The number of ether oxygens (including phenoxy) is 1. The van der Waals surface area contributed by atoms with Crippen molar-refractivity contribution in [2.75, 3.05) is 0 Å². The average molecular weight is 360 g/mol. The Balaban J connectivity index is 1.65. The Kier molecular flexibility index (Phi) is 4.08. The first kappa shape index (κ1) is 16.8. The van der Waals surface area contributed by atoms with Crippen LogP contribution in [0.2, 0.25) is 0 Å². The molecule has 0 radical (unpaired) electrons. The van der Waals surface area contributed by atoms with Gasteiger partial charge in [0.25, 0.3) is 11.8 Å². The summed E-state index contributed by atoms with van der Waals surface area (Å²) < 4.78 is 5.46. The number of amides is 3. The van der Waals surface area contributed by atoms with Gasteiger partial charge in [-0.15, -0.1) is 0 Å². The smallest absolute Gasteiger partial charge is 0.415 e. The first-order valence-corrected chi connectivity index (χ1v) is 8.45. The molecule has 1 N–H and O–H groups in total. The number of carbonyl (C=O) groups excluding carboxylic acids is 3. The molecular formula is C21H16N2O4. The first-order valence-electron chi connectivity index (χ1n) is 8.45. The van der Waals surface area contributed by atoms with E-state index in [0.717, 1.165) is 0 Å². The van der Waals surface area contributed by atoms with Gasteiger partial charge in [0.1, 0.15) is 0 Å². The maximum absolute atomic E-state index is 12.6. The minimum atomic E-state index is -1.49. The Morgan fingerprint density at radius 3 is 2.07 bits per heavy atom. The number of benzene rings is 2. The summed E-state index contributed by atoms with van der Waals surface area (Å²) in [6.45, 7) is 0. The fourth-order valence-electron chi connectivity index (χ4n) is 3.31. The van der Waals surface area contributed by atoms with Gasteiger partial charge in [-0.1, -0.05) is 60.7 Å². The summed E-state index contributed by atoms with van der Waals surface area (Å²) in [4.78, 5) is 38.4. The van der Waals surface area contributed by atoms with E-state index in [9.17, 15) is 14.4 Å². The zero-order valence-electron chi connectivity index (χ0n) is 14.2. The fraction of sp³-hybridized carbons (Fsp3) is 0.0952. The lowest BCUT2D eigenvalue weighted by Gasteiger charge is -2.32. The summed E-state index contributed by atoms with van der Waals surface area (Å²) in [5.74, 6) is -1.27. The Hall–Kier alpha value is -3.67. The summed E-state index contributed by atoms with van der Waals surface area (Å²) in [5, 5.41) is 2.21. The van der Waals surface area contributed by atoms with Gasteiger partial charge in [-0.3, -0.25) is 19.8 Å². The lowest BCUT2D eigenvalue weighted by molar-refractivity contribution is -0.134. The van der Waals surface area contributed by atoms with Crippen molar-refractivity contribution in [2.24, 2.45) is 5.92 Å². The molecule has 2 aromatic rings. The summed E-state index contributed by atoms with van der Waals surface area (Å²) in [7, 11) is 0. The Morgan fingerprint density at radius 1 is 0.926 bits per heavy atom. The van der Waals surface area contributed by atoms with Crippen LogP contribution >= 0.6 is 0 Å². The molecule has 27 heavy (non-hydrogen) atoms. The molecule has 1 unspecified atom stereocenters. The summed E-state index contributed by atoms with van der Waals surface area (Å²) in [6, 6.07) is 17.7. The fourth-order valence-corrected chi connectivity index (χ4v) is 3.31. The lowest BCUT2D eigenvalue weighted by atomic mass is 9.79. The zero-order valence-corrected chi connectivity index (χ0v) is 14.2. The molecule has 3 amide bonds.